The Morgan fingerprint density at radius 1 is 1.26 bits per heavy atom. The summed E-state index contributed by atoms with van der Waals surface area (Å²) in [5, 5.41) is 20.6. The van der Waals surface area contributed by atoms with Crippen molar-refractivity contribution in [1.82, 2.24) is 15.5 Å². The number of aliphatic hydroxyl groups is 1. The average molecular weight is 313 g/mol. The Hall–Kier alpha value is -2.73. The Bertz CT molecular complexity index is 829. The summed E-state index contributed by atoms with van der Waals surface area (Å²) in [5.74, 6) is -0.659. The van der Waals surface area contributed by atoms with E-state index in [-0.39, 0.29) is 11.7 Å². The molecule has 3 aromatic rings. The third-order valence-corrected chi connectivity index (χ3v) is 3.75. The minimum absolute atomic E-state index is 0.290. The van der Waals surface area contributed by atoms with E-state index in [2.05, 4.69) is 15.5 Å². The molecule has 0 aliphatic heterocycles. The molecule has 0 fully saturated rings. The number of amides is 1. The summed E-state index contributed by atoms with van der Waals surface area (Å²) < 4.78 is 12.9. The van der Waals surface area contributed by atoms with E-state index in [0.717, 1.165) is 10.9 Å². The highest BCUT2D eigenvalue weighted by molar-refractivity contribution is 5.98. The SMILES string of the molecule is CC(NC(=O)c1ccc2[nH]ncc2c1)C(O)c1ccc(F)cc1. The van der Waals surface area contributed by atoms with Gasteiger partial charge >= 0.3 is 0 Å². The zero-order chi connectivity index (χ0) is 16.4. The number of halogens is 1. The van der Waals surface area contributed by atoms with E-state index in [1.165, 1.54) is 24.3 Å². The second kappa shape index (κ2) is 6.18. The van der Waals surface area contributed by atoms with Crippen LogP contribution < -0.4 is 5.32 Å². The summed E-state index contributed by atoms with van der Waals surface area (Å²) in [6, 6.07) is 10.2. The van der Waals surface area contributed by atoms with Crippen molar-refractivity contribution in [2.75, 3.05) is 0 Å². The lowest BCUT2D eigenvalue weighted by Gasteiger charge is -2.20. The van der Waals surface area contributed by atoms with Crippen molar-refractivity contribution in [3.63, 3.8) is 0 Å². The van der Waals surface area contributed by atoms with Crippen LogP contribution in [0.15, 0.2) is 48.7 Å². The molecule has 118 valence electrons. The van der Waals surface area contributed by atoms with E-state index >= 15 is 0 Å². The highest BCUT2D eigenvalue weighted by Gasteiger charge is 2.19. The van der Waals surface area contributed by atoms with Gasteiger partial charge in [-0.15, -0.1) is 0 Å². The Kier molecular flexibility index (Phi) is 4.08. The van der Waals surface area contributed by atoms with E-state index in [0.29, 0.717) is 11.1 Å². The number of aliphatic hydroxyl groups excluding tert-OH is 1. The minimum atomic E-state index is -0.919. The van der Waals surface area contributed by atoms with Crippen LogP contribution in [0.2, 0.25) is 0 Å². The third kappa shape index (κ3) is 3.22. The van der Waals surface area contributed by atoms with E-state index in [1.807, 2.05) is 0 Å². The van der Waals surface area contributed by atoms with Gasteiger partial charge in [0.25, 0.3) is 5.91 Å². The van der Waals surface area contributed by atoms with Crippen LogP contribution in [0.1, 0.15) is 28.9 Å². The summed E-state index contributed by atoms with van der Waals surface area (Å²) in [6.07, 6.45) is 0.723. The molecule has 0 bridgehead atoms. The summed E-state index contributed by atoms with van der Waals surface area (Å²) in [5.41, 5.74) is 1.88. The fourth-order valence-electron chi connectivity index (χ4n) is 2.40. The molecule has 0 aliphatic rings. The minimum Gasteiger partial charge on any atom is -0.386 e. The molecule has 3 rings (SSSR count). The highest BCUT2D eigenvalue weighted by Crippen LogP contribution is 2.18. The van der Waals surface area contributed by atoms with Crippen molar-refractivity contribution < 1.29 is 14.3 Å². The second-order valence-corrected chi connectivity index (χ2v) is 5.43. The van der Waals surface area contributed by atoms with Gasteiger partial charge in [-0.1, -0.05) is 12.1 Å². The van der Waals surface area contributed by atoms with Gasteiger partial charge in [-0.05, 0) is 42.8 Å². The number of benzene rings is 2. The first-order valence-corrected chi connectivity index (χ1v) is 7.22. The van der Waals surface area contributed by atoms with Gasteiger partial charge in [0.2, 0.25) is 0 Å². The van der Waals surface area contributed by atoms with Crippen molar-refractivity contribution in [2.45, 2.75) is 19.1 Å². The number of fused-ring (bicyclic) bond motifs is 1. The molecule has 0 saturated heterocycles. The van der Waals surface area contributed by atoms with Crippen molar-refractivity contribution in [3.8, 4) is 0 Å². The molecule has 23 heavy (non-hydrogen) atoms. The molecule has 0 saturated carbocycles. The molecule has 2 aromatic carbocycles. The van der Waals surface area contributed by atoms with Crippen LogP contribution in [0.5, 0.6) is 0 Å². The maximum absolute atomic E-state index is 12.9. The molecule has 0 radical (unpaired) electrons. The zero-order valence-corrected chi connectivity index (χ0v) is 12.5. The molecule has 1 heterocycles. The number of nitrogens with zero attached hydrogens (tertiary/aromatic N) is 1. The largest absolute Gasteiger partial charge is 0.386 e. The van der Waals surface area contributed by atoms with Crippen molar-refractivity contribution in [1.29, 1.82) is 0 Å². The van der Waals surface area contributed by atoms with E-state index in [4.69, 9.17) is 0 Å². The van der Waals surface area contributed by atoms with Crippen LogP contribution in [0.3, 0.4) is 0 Å². The molecule has 0 aliphatic carbocycles. The second-order valence-electron chi connectivity index (χ2n) is 5.43. The summed E-state index contributed by atoms with van der Waals surface area (Å²) in [7, 11) is 0. The maximum Gasteiger partial charge on any atom is 0.251 e. The molecule has 1 aromatic heterocycles. The van der Waals surface area contributed by atoms with Crippen LogP contribution >= 0.6 is 0 Å². The lowest BCUT2D eigenvalue weighted by Crippen LogP contribution is -2.37. The van der Waals surface area contributed by atoms with Crippen molar-refractivity contribution in [3.05, 3.63) is 65.6 Å². The fourth-order valence-corrected chi connectivity index (χ4v) is 2.40. The van der Waals surface area contributed by atoms with Gasteiger partial charge < -0.3 is 10.4 Å². The predicted octanol–water partition coefficient (Wildman–Crippen LogP) is 2.55. The average Bonchev–Trinajstić information content (AvgIpc) is 3.02. The molecule has 2 atom stereocenters. The molecular weight excluding hydrogens is 297 g/mol. The van der Waals surface area contributed by atoms with Gasteiger partial charge in [-0.25, -0.2) is 4.39 Å². The monoisotopic (exact) mass is 313 g/mol. The normalized spacial score (nSPS) is 13.7. The molecule has 1 amide bonds. The van der Waals surface area contributed by atoms with Gasteiger partial charge in [-0.2, -0.15) is 5.10 Å². The smallest absolute Gasteiger partial charge is 0.251 e. The molecule has 0 spiro atoms. The van der Waals surface area contributed by atoms with Crippen molar-refractivity contribution in [2.24, 2.45) is 0 Å². The van der Waals surface area contributed by atoms with Gasteiger partial charge in [0.15, 0.2) is 0 Å². The van der Waals surface area contributed by atoms with Crippen LogP contribution in [0, 0.1) is 5.82 Å². The predicted molar refractivity (Wildman–Crippen MR) is 84.4 cm³/mol. The third-order valence-electron chi connectivity index (χ3n) is 3.75. The van der Waals surface area contributed by atoms with Crippen LogP contribution in [-0.4, -0.2) is 27.3 Å². The van der Waals surface area contributed by atoms with Gasteiger partial charge in [0, 0.05) is 10.9 Å². The molecule has 6 heteroatoms. The van der Waals surface area contributed by atoms with E-state index < -0.39 is 12.1 Å². The molecule has 3 N–H and O–H groups in total. The number of carbonyl (C=O) groups excluding carboxylic acids is 1. The fraction of sp³-hybridized carbons (Fsp3) is 0.176. The van der Waals surface area contributed by atoms with Gasteiger partial charge in [0.1, 0.15) is 5.82 Å². The number of aromatic nitrogens is 2. The molecule has 2 unspecified atom stereocenters. The first-order valence-electron chi connectivity index (χ1n) is 7.22. The molecular formula is C17H16FN3O2. The standard InChI is InChI=1S/C17H16FN3O2/c1-10(16(22)11-2-5-14(18)6-3-11)20-17(23)12-4-7-15-13(8-12)9-19-21-15/h2-10,16,22H,1H3,(H,19,21)(H,20,23). The van der Waals surface area contributed by atoms with Crippen molar-refractivity contribution >= 4 is 16.8 Å². The number of carbonyl (C=O) groups is 1. The zero-order valence-electron chi connectivity index (χ0n) is 12.5. The van der Waals surface area contributed by atoms with E-state index in [1.54, 1.807) is 31.3 Å². The number of rotatable bonds is 4. The summed E-state index contributed by atoms with van der Waals surface area (Å²) >= 11 is 0. The van der Waals surface area contributed by atoms with Gasteiger partial charge in [0.05, 0.1) is 23.9 Å². The first kappa shape index (κ1) is 15.2. The summed E-state index contributed by atoms with van der Waals surface area (Å²) in [6.45, 7) is 1.70. The highest BCUT2D eigenvalue weighted by atomic mass is 19.1. The topological polar surface area (TPSA) is 78.0 Å². The quantitative estimate of drug-likeness (QED) is 0.692. The Morgan fingerprint density at radius 3 is 2.74 bits per heavy atom. The number of aromatic amines is 1. The van der Waals surface area contributed by atoms with Crippen LogP contribution in [0.4, 0.5) is 4.39 Å². The van der Waals surface area contributed by atoms with Gasteiger partial charge in [-0.3, -0.25) is 9.89 Å². The van der Waals surface area contributed by atoms with E-state index in [9.17, 15) is 14.3 Å². The number of H-pyrrole nitrogens is 1. The lowest BCUT2D eigenvalue weighted by atomic mass is 10.0. The Balaban J connectivity index is 1.72. The van der Waals surface area contributed by atoms with Crippen LogP contribution in [0.25, 0.3) is 10.9 Å². The number of hydrogen-bond acceptors (Lipinski definition) is 3. The van der Waals surface area contributed by atoms with Crippen LogP contribution in [-0.2, 0) is 0 Å². The number of hydrogen-bond donors (Lipinski definition) is 3. The Morgan fingerprint density at radius 2 is 2.00 bits per heavy atom. The molecule has 5 nitrogen and oxygen atoms in total. The lowest BCUT2D eigenvalue weighted by molar-refractivity contribution is 0.0852. The maximum atomic E-state index is 12.9. The first-order chi connectivity index (χ1) is 11.0. The summed E-state index contributed by atoms with van der Waals surface area (Å²) in [4.78, 5) is 12.3. The Labute approximate surface area is 132 Å². The number of nitrogens with one attached hydrogen (secondary N) is 2.